The highest BCUT2D eigenvalue weighted by molar-refractivity contribution is 6.03. The number of pyridine rings is 1. The Balaban J connectivity index is 1.55. The van der Waals surface area contributed by atoms with Crippen LogP contribution in [0.4, 0.5) is 17.1 Å². The van der Waals surface area contributed by atoms with E-state index in [1.165, 1.54) is 0 Å². The highest BCUT2D eigenvalue weighted by atomic mass is 16.7. The lowest BCUT2D eigenvalue weighted by Gasteiger charge is -2.23. The molecular formula is C21H19N3O3. The molecule has 0 aliphatic carbocycles. The van der Waals surface area contributed by atoms with Crippen LogP contribution in [0.5, 0.6) is 11.5 Å². The van der Waals surface area contributed by atoms with Crippen LogP contribution in [-0.4, -0.2) is 24.2 Å². The van der Waals surface area contributed by atoms with Crippen LogP contribution >= 0.6 is 0 Å². The van der Waals surface area contributed by atoms with E-state index < -0.39 is 0 Å². The molecule has 0 spiro atoms. The van der Waals surface area contributed by atoms with Crippen molar-refractivity contribution >= 4 is 23.0 Å². The molecule has 2 aromatic carbocycles. The summed E-state index contributed by atoms with van der Waals surface area (Å²) >= 11 is 0. The molecule has 1 amide bonds. The number of rotatable bonds is 5. The highest BCUT2D eigenvalue weighted by Gasteiger charge is 2.16. The first-order chi connectivity index (χ1) is 13.2. The Hall–Kier alpha value is -3.54. The normalized spacial score (nSPS) is 11.9. The summed E-state index contributed by atoms with van der Waals surface area (Å²) in [4.78, 5) is 19.0. The summed E-state index contributed by atoms with van der Waals surface area (Å²) in [5, 5.41) is 2.86. The first kappa shape index (κ1) is 16.9. The SMILES string of the molecule is CCN(c1ccccc1)c1ccnc(C(=O)Nc2ccc3c(c2)OCO3)c1. The lowest BCUT2D eigenvalue weighted by Crippen LogP contribution is -2.18. The van der Waals surface area contributed by atoms with Crippen molar-refractivity contribution in [1.29, 1.82) is 0 Å². The molecule has 136 valence electrons. The minimum Gasteiger partial charge on any atom is -0.454 e. The van der Waals surface area contributed by atoms with Gasteiger partial charge >= 0.3 is 0 Å². The van der Waals surface area contributed by atoms with Gasteiger partial charge in [0.2, 0.25) is 6.79 Å². The van der Waals surface area contributed by atoms with Crippen LogP contribution in [0.2, 0.25) is 0 Å². The van der Waals surface area contributed by atoms with Gasteiger partial charge in [0.1, 0.15) is 5.69 Å². The number of carbonyl (C=O) groups excluding carboxylic acids is 1. The van der Waals surface area contributed by atoms with Gasteiger partial charge in [0.15, 0.2) is 11.5 Å². The smallest absolute Gasteiger partial charge is 0.274 e. The molecule has 1 aromatic heterocycles. The third-order valence-electron chi connectivity index (χ3n) is 4.30. The van der Waals surface area contributed by atoms with E-state index in [0.717, 1.165) is 17.9 Å². The molecule has 1 aliphatic heterocycles. The van der Waals surface area contributed by atoms with Crippen molar-refractivity contribution in [3.05, 3.63) is 72.6 Å². The molecule has 6 nitrogen and oxygen atoms in total. The fourth-order valence-electron chi connectivity index (χ4n) is 3.00. The number of hydrogen-bond donors (Lipinski definition) is 1. The van der Waals surface area contributed by atoms with Crippen molar-refractivity contribution in [2.24, 2.45) is 0 Å². The van der Waals surface area contributed by atoms with Crippen LogP contribution in [0.3, 0.4) is 0 Å². The van der Waals surface area contributed by atoms with Crippen LogP contribution < -0.4 is 19.7 Å². The van der Waals surface area contributed by atoms with E-state index in [-0.39, 0.29) is 12.7 Å². The summed E-state index contributed by atoms with van der Waals surface area (Å²) in [6, 6.07) is 19.0. The molecule has 2 heterocycles. The largest absolute Gasteiger partial charge is 0.454 e. The minimum absolute atomic E-state index is 0.197. The monoisotopic (exact) mass is 361 g/mol. The fourth-order valence-corrected chi connectivity index (χ4v) is 3.00. The first-order valence-electron chi connectivity index (χ1n) is 8.74. The Kier molecular flexibility index (Phi) is 4.61. The number of ether oxygens (including phenoxy) is 2. The molecule has 27 heavy (non-hydrogen) atoms. The quantitative estimate of drug-likeness (QED) is 0.737. The molecule has 0 fully saturated rings. The van der Waals surface area contributed by atoms with Crippen molar-refractivity contribution < 1.29 is 14.3 Å². The number of hydrogen-bond acceptors (Lipinski definition) is 5. The standard InChI is InChI=1S/C21H19N3O3/c1-2-24(16-6-4-3-5-7-16)17-10-11-22-18(13-17)21(25)23-15-8-9-19-20(12-15)27-14-26-19/h3-13H,2,14H2,1H3,(H,23,25). The number of para-hydroxylation sites is 1. The molecule has 0 saturated carbocycles. The summed E-state index contributed by atoms with van der Waals surface area (Å²) in [6.07, 6.45) is 1.65. The molecule has 0 saturated heterocycles. The molecule has 0 unspecified atom stereocenters. The highest BCUT2D eigenvalue weighted by Crippen LogP contribution is 2.34. The number of benzene rings is 2. The van der Waals surface area contributed by atoms with Crippen molar-refractivity contribution in [2.45, 2.75) is 6.92 Å². The van der Waals surface area contributed by atoms with Gasteiger partial charge in [0.25, 0.3) is 5.91 Å². The maximum absolute atomic E-state index is 12.6. The van der Waals surface area contributed by atoms with E-state index in [2.05, 4.69) is 22.1 Å². The average Bonchev–Trinajstić information content (AvgIpc) is 3.17. The maximum Gasteiger partial charge on any atom is 0.274 e. The topological polar surface area (TPSA) is 63.7 Å². The third-order valence-corrected chi connectivity index (χ3v) is 4.30. The summed E-state index contributed by atoms with van der Waals surface area (Å²) < 4.78 is 10.6. The molecule has 3 aromatic rings. The Morgan fingerprint density at radius 1 is 1.04 bits per heavy atom. The van der Waals surface area contributed by atoms with Gasteiger partial charge in [-0.1, -0.05) is 18.2 Å². The molecule has 0 bridgehead atoms. The second-order valence-corrected chi connectivity index (χ2v) is 6.00. The zero-order chi connectivity index (χ0) is 18.6. The lowest BCUT2D eigenvalue weighted by molar-refractivity contribution is 0.102. The molecule has 0 atom stereocenters. The van der Waals surface area contributed by atoms with E-state index in [9.17, 15) is 4.79 Å². The van der Waals surface area contributed by atoms with Gasteiger partial charge in [0.05, 0.1) is 0 Å². The van der Waals surface area contributed by atoms with E-state index in [1.54, 1.807) is 30.5 Å². The molecule has 1 N–H and O–H groups in total. The number of amides is 1. The Labute approximate surface area is 157 Å². The number of fused-ring (bicyclic) bond motifs is 1. The lowest BCUT2D eigenvalue weighted by atomic mass is 10.2. The van der Waals surface area contributed by atoms with E-state index in [1.807, 2.05) is 36.4 Å². The van der Waals surface area contributed by atoms with Crippen molar-refractivity contribution in [1.82, 2.24) is 4.98 Å². The van der Waals surface area contributed by atoms with Crippen molar-refractivity contribution in [2.75, 3.05) is 23.6 Å². The second-order valence-electron chi connectivity index (χ2n) is 6.00. The van der Waals surface area contributed by atoms with E-state index in [4.69, 9.17) is 9.47 Å². The number of nitrogens with one attached hydrogen (secondary N) is 1. The Morgan fingerprint density at radius 3 is 2.67 bits per heavy atom. The van der Waals surface area contributed by atoms with Crippen molar-refractivity contribution in [3.8, 4) is 11.5 Å². The maximum atomic E-state index is 12.6. The molecular weight excluding hydrogens is 342 g/mol. The zero-order valence-electron chi connectivity index (χ0n) is 14.9. The molecule has 0 radical (unpaired) electrons. The van der Waals surface area contributed by atoms with Gasteiger partial charge < -0.3 is 19.7 Å². The number of carbonyl (C=O) groups is 1. The van der Waals surface area contributed by atoms with Gasteiger partial charge in [-0.2, -0.15) is 0 Å². The van der Waals surface area contributed by atoms with Gasteiger partial charge in [0, 0.05) is 35.9 Å². The van der Waals surface area contributed by atoms with E-state index in [0.29, 0.717) is 22.9 Å². The summed E-state index contributed by atoms with van der Waals surface area (Å²) in [7, 11) is 0. The summed E-state index contributed by atoms with van der Waals surface area (Å²) in [6.45, 7) is 3.04. The van der Waals surface area contributed by atoms with Crippen LogP contribution in [0, 0.1) is 0 Å². The molecule has 6 heteroatoms. The predicted octanol–water partition coefficient (Wildman–Crippen LogP) is 4.22. The summed E-state index contributed by atoms with van der Waals surface area (Å²) in [5.41, 5.74) is 2.95. The predicted molar refractivity (Wildman–Crippen MR) is 104 cm³/mol. The van der Waals surface area contributed by atoms with Crippen LogP contribution in [-0.2, 0) is 0 Å². The Bertz CT molecular complexity index is 960. The first-order valence-corrected chi connectivity index (χ1v) is 8.74. The number of aromatic nitrogens is 1. The van der Waals surface area contributed by atoms with Crippen molar-refractivity contribution in [3.63, 3.8) is 0 Å². The van der Waals surface area contributed by atoms with Gasteiger partial charge in [-0.3, -0.25) is 9.78 Å². The van der Waals surface area contributed by atoms with Crippen LogP contribution in [0.25, 0.3) is 0 Å². The minimum atomic E-state index is -0.278. The van der Waals surface area contributed by atoms with Gasteiger partial charge in [-0.15, -0.1) is 0 Å². The molecule has 4 rings (SSSR count). The number of anilines is 3. The zero-order valence-corrected chi connectivity index (χ0v) is 14.9. The molecule has 1 aliphatic rings. The van der Waals surface area contributed by atoms with E-state index >= 15 is 0 Å². The fraction of sp³-hybridized carbons (Fsp3) is 0.143. The van der Waals surface area contributed by atoms with Crippen LogP contribution in [0.1, 0.15) is 17.4 Å². The Morgan fingerprint density at radius 2 is 1.85 bits per heavy atom. The van der Waals surface area contributed by atoms with Gasteiger partial charge in [-0.05, 0) is 43.3 Å². The average molecular weight is 361 g/mol. The second kappa shape index (κ2) is 7.37. The van der Waals surface area contributed by atoms with Gasteiger partial charge in [-0.25, -0.2) is 0 Å². The third kappa shape index (κ3) is 3.55. The van der Waals surface area contributed by atoms with Crippen LogP contribution in [0.15, 0.2) is 66.9 Å². The summed E-state index contributed by atoms with van der Waals surface area (Å²) in [5.74, 6) is 1.02. The number of nitrogens with zero attached hydrogens (tertiary/aromatic N) is 2.